The summed E-state index contributed by atoms with van der Waals surface area (Å²) in [7, 11) is 0. The normalized spacial score (nSPS) is 12.8. The minimum atomic E-state index is -1.30. The maximum absolute atomic E-state index is 14.0. The summed E-state index contributed by atoms with van der Waals surface area (Å²) in [5.41, 5.74) is 2.94. The molecule has 2 rings (SSSR count). The van der Waals surface area contributed by atoms with E-state index < -0.39 is 42.2 Å². The molecule has 0 aliphatic carbocycles. The number of aliphatic hydroxyl groups is 1. The molecule has 9 heteroatoms. The Labute approximate surface area is 237 Å². The van der Waals surface area contributed by atoms with Crippen molar-refractivity contribution < 1.29 is 24.2 Å². The van der Waals surface area contributed by atoms with E-state index in [9.17, 15) is 19.5 Å². The standard InChI is InChI=1S/C30H42ClN3O5/c1-8-9-10-14-34(28(37)24(18-35)32-29(38)39-30(5,6)7)26(22-16-19(2)15-20(3)17-22)27(36)33-25-21(4)12-11-13-23(25)31/h11-13,15-17,24,26,35H,8-10,14,18H2,1-7H3,(H,32,38)(H,33,36). The van der Waals surface area contributed by atoms with E-state index in [4.69, 9.17) is 16.3 Å². The molecule has 0 saturated carbocycles. The van der Waals surface area contributed by atoms with Crippen molar-refractivity contribution in [2.75, 3.05) is 18.5 Å². The number of unbranched alkanes of at least 4 members (excludes halogenated alkanes) is 2. The highest BCUT2D eigenvalue weighted by atomic mass is 35.5. The van der Waals surface area contributed by atoms with Crippen molar-refractivity contribution in [2.45, 2.75) is 85.4 Å². The second-order valence-corrected chi connectivity index (χ2v) is 11.3. The number of nitrogens with zero attached hydrogens (tertiary/aromatic N) is 1. The Bertz CT molecular complexity index is 1120. The number of halogens is 1. The first kappa shape index (κ1) is 32.1. The number of hydrogen-bond acceptors (Lipinski definition) is 5. The van der Waals surface area contributed by atoms with Gasteiger partial charge in [0, 0.05) is 6.54 Å². The zero-order valence-corrected chi connectivity index (χ0v) is 24.8. The number of benzene rings is 2. The summed E-state index contributed by atoms with van der Waals surface area (Å²) in [5, 5.41) is 15.9. The van der Waals surface area contributed by atoms with E-state index in [2.05, 4.69) is 10.6 Å². The monoisotopic (exact) mass is 559 g/mol. The Kier molecular flexibility index (Phi) is 11.8. The van der Waals surface area contributed by atoms with Crippen molar-refractivity contribution in [1.29, 1.82) is 0 Å². The van der Waals surface area contributed by atoms with Gasteiger partial charge in [0.05, 0.1) is 17.3 Å². The quantitative estimate of drug-likeness (QED) is 0.299. The topological polar surface area (TPSA) is 108 Å². The molecule has 39 heavy (non-hydrogen) atoms. The lowest BCUT2D eigenvalue weighted by molar-refractivity contribution is -0.141. The van der Waals surface area contributed by atoms with E-state index in [-0.39, 0.29) is 6.54 Å². The van der Waals surface area contributed by atoms with Gasteiger partial charge in [0.25, 0.3) is 5.91 Å². The second kappa shape index (κ2) is 14.3. The van der Waals surface area contributed by atoms with Crippen LogP contribution in [0.5, 0.6) is 0 Å². The van der Waals surface area contributed by atoms with Crippen LogP contribution in [-0.4, -0.2) is 52.7 Å². The van der Waals surface area contributed by atoms with Gasteiger partial charge in [0.2, 0.25) is 5.91 Å². The average molecular weight is 560 g/mol. The third-order valence-electron chi connectivity index (χ3n) is 6.05. The molecule has 0 bridgehead atoms. The highest BCUT2D eigenvalue weighted by Gasteiger charge is 2.36. The number of carbonyl (C=O) groups excluding carboxylic acids is 3. The molecule has 0 aromatic heterocycles. The molecule has 2 aromatic rings. The van der Waals surface area contributed by atoms with Gasteiger partial charge in [-0.3, -0.25) is 9.59 Å². The third kappa shape index (κ3) is 9.55. The first-order chi connectivity index (χ1) is 18.3. The third-order valence-corrected chi connectivity index (χ3v) is 6.36. The molecule has 214 valence electrons. The van der Waals surface area contributed by atoms with Crippen LogP contribution in [0.4, 0.5) is 10.5 Å². The average Bonchev–Trinajstić information content (AvgIpc) is 2.82. The Morgan fingerprint density at radius 1 is 1.05 bits per heavy atom. The number of carbonyl (C=O) groups is 3. The highest BCUT2D eigenvalue weighted by Crippen LogP contribution is 2.30. The number of aliphatic hydroxyl groups excluding tert-OH is 1. The zero-order chi connectivity index (χ0) is 29.3. The van der Waals surface area contributed by atoms with Crippen LogP contribution < -0.4 is 10.6 Å². The van der Waals surface area contributed by atoms with E-state index in [0.717, 1.165) is 29.5 Å². The van der Waals surface area contributed by atoms with E-state index in [1.54, 1.807) is 32.9 Å². The number of alkyl carbamates (subject to hydrolysis) is 1. The summed E-state index contributed by atoms with van der Waals surface area (Å²) in [4.78, 5) is 41.9. The molecule has 3 amide bonds. The Hall–Kier alpha value is -3.10. The maximum atomic E-state index is 14.0. The molecule has 2 atom stereocenters. The minimum absolute atomic E-state index is 0.242. The number of para-hydroxylation sites is 1. The highest BCUT2D eigenvalue weighted by molar-refractivity contribution is 6.34. The maximum Gasteiger partial charge on any atom is 0.408 e. The summed E-state index contributed by atoms with van der Waals surface area (Å²) in [6, 6.07) is 8.70. The summed E-state index contributed by atoms with van der Waals surface area (Å²) in [6.07, 6.45) is 1.54. The number of aryl methyl sites for hydroxylation is 3. The Balaban J connectivity index is 2.57. The molecule has 0 aliphatic rings. The number of rotatable bonds is 11. The van der Waals surface area contributed by atoms with Crippen LogP contribution in [0.1, 0.15) is 75.3 Å². The van der Waals surface area contributed by atoms with Gasteiger partial charge in [-0.25, -0.2) is 4.79 Å². The fourth-order valence-electron chi connectivity index (χ4n) is 4.36. The van der Waals surface area contributed by atoms with E-state index in [1.165, 1.54) is 4.90 Å². The van der Waals surface area contributed by atoms with Crippen molar-refractivity contribution in [3.8, 4) is 0 Å². The van der Waals surface area contributed by atoms with E-state index >= 15 is 0 Å². The van der Waals surface area contributed by atoms with Crippen molar-refractivity contribution in [1.82, 2.24) is 10.2 Å². The lowest BCUT2D eigenvalue weighted by Crippen LogP contribution is -2.54. The molecule has 8 nitrogen and oxygen atoms in total. The number of hydrogen-bond donors (Lipinski definition) is 3. The first-order valence-electron chi connectivity index (χ1n) is 13.3. The van der Waals surface area contributed by atoms with Gasteiger partial charge < -0.3 is 25.4 Å². The van der Waals surface area contributed by atoms with Crippen LogP contribution in [0.25, 0.3) is 0 Å². The van der Waals surface area contributed by atoms with Crippen LogP contribution in [0.15, 0.2) is 36.4 Å². The zero-order valence-electron chi connectivity index (χ0n) is 24.1. The molecule has 0 radical (unpaired) electrons. The van der Waals surface area contributed by atoms with Crippen molar-refractivity contribution >= 4 is 35.2 Å². The number of amides is 3. The van der Waals surface area contributed by atoms with Crippen molar-refractivity contribution in [3.63, 3.8) is 0 Å². The van der Waals surface area contributed by atoms with Gasteiger partial charge in [-0.05, 0) is 65.2 Å². The van der Waals surface area contributed by atoms with Crippen LogP contribution in [0, 0.1) is 20.8 Å². The molecule has 3 N–H and O–H groups in total. The molecular formula is C30H42ClN3O5. The van der Waals surface area contributed by atoms with Gasteiger partial charge in [-0.15, -0.1) is 0 Å². The van der Waals surface area contributed by atoms with Gasteiger partial charge in [-0.1, -0.05) is 72.8 Å². The molecule has 2 unspecified atom stereocenters. The van der Waals surface area contributed by atoms with E-state index in [1.807, 2.05) is 52.0 Å². The molecule has 0 aliphatic heterocycles. The smallest absolute Gasteiger partial charge is 0.408 e. The molecule has 0 spiro atoms. The predicted octanol–water partition coefficient (Wildman–Crippen LogP) is 5.85. The van der Waals surface area contributed by atoms with Gasteiger partial charge in [0.15, 0.2) is 0 Å². The molecule has 0 heterocycles. The number of ether oxygens (including phenoxy) is 1. The summed E-state index contributed by atoms with van der Waals surface area (Å²) < 4.78 is 5.30. The minimum Gasteiger partial charge on any atom is -0.444 e. The lowest BCUT2D eigenvalue weighted by Gasteiger charge is -2.34. The summed E-state index contributed by atoms with van der Waals surface area (Å²) >= 11 is 6.41. The Morgan fingerprint density at radius 2 is 1.69 bits per heavy atom. The second-order valence-electron chi connectivity index (χ2n) is 10.9. The van der Waals surface area contributed by atoms with Gasteiger partial charge in [0.1, 0.15) is 17.7 Å². The first-order valence-corrected chi connectivity index (χ1v) is 13.7. The number of anilines is 1. The lowest BCUT2D eigenvalue weighted by atomic mass is 9.98. The SMILES string of the molecule is CCCCCN(C(=O)C(CO)NC(=O)OC(C)(C)C)C(C(=O)Nc1c(C)cccc1Cl)c1cc(C)cc(C)c1. The molecule has 0 saturated heterocycles. The number of nitrogens with one attached hydrogen (secondary N) is 2. The van der Waals surface area contributed by atoms with Crippen LogP contribution >= 0.6 is 11.6 Å². The van der Waals surface area contributed by atoms with Gasteiger partial charge in [-0.2, -0.15) is 0 Å². The molecular weight excluding hydrogens is 518 g/mol. The summed E-state index contributed by atoms with van der Waals surface area (Å²) in [5.74, 6) is -1.04. The fourth-order valence-corrected chi connectivity index (χ4v) is 4.63. The van der Waals surface area contributed by atoms with Crippen LogP contribution in [0.2, 0.25) is 5.02 Å². The van der Waals surface area contributed by atoms with Crippen molar-refractivity contribution in [2.24, 2.45) is 0 Å². The summed E-state index contributed by atoms with van der Waals surface area (Å²) in [6.45, 7) is 12.4. The largest absolute Gasteiger partial charge is 0.444 e. The molecule has 0 fully saturated rings. The fraction of sp³-hybridized carbons (Fsp3) is 0.500. The van der Waals surface area contributed by atoms with Gasteiger partial charge >= 0.3 is 6.09 Å². The predicted molar refractivity (Wildman–Crippen MR) is 155 cm³/mol. The van der Waals surface area contributed by atoms with Crippen LogP contribution in [0.3, 0.4) is 0 Å². The molecule has 2 aromatic carbocycles. The van der Waals surface area contributed by atoms with E-state index in [0.29, 0.717) is 22.7 Å². The van der Waals surface area contributed by atoms with Crippen LogP contribution in [-0.2, 0) is 14.3 Å². The van der Waals surface area contributed by atoms with Crippen molar-refractivity contribution in [3.05, 3.63) is 63.7 Å². The Morgan fingerprint density at radius 3 is 2.23 bits per heavy atom.